The molecule has 1 atom stereocenters. The number of hydrogen-bond acceptors (Lipinski definition) is 3. The second-order valence-corrected chi connectivity index (χ2v) is 9.28. The van der Waals surface area contributed by atoms with Gasteiger partial charge in [-0.2, -0.15) is 0 Å². The number of halogens is 2. The molecular weight excluding hydrogens is 419 g/mol. The van der Waals surface area contributed by atoms with Crippen LogP contribution in [0.1, 0.15) is 31.2 Å². The number of carbonyl (C=O) groups is 2. The predicted octanol–water partition coefficient (Wildman–Crippen LogP) is 3.94. The van der Waals surface area contributed by atoms with E-state index in [0.717, 1.165) is 24.8 Å². The maximum absolute atomic E-state index is 13.6. The first kappa shape index (κ1) is 20.5. The number of amides is 2. The molecule has 3 fully saturated rings. The van der Waals surface area contributed by atoms with Gasteiger partial charge in [0.15, 0.2) is 0 Å². The van der Waals surface area contributed by atoms with Crippen LogP contribution in [0.3, 0.4) is 0 Å². The summed E-state index contributed by atoms with van der Waals surface area (Å²) in [5, 5.41) is 0.659. The van der Waals surface area contributed by atoms with E-state index in [4.69, 9.17) is 16.3 Å². The Morgan fingerprint density at radius 2 is 1.71 bits per heavy atom. The molecule has 0 bridgehead atoms. The van der Waals surface area contributed by atoms with Crippen molar-refractivity contribution < 1.29 is 18.7 Å². The van der Waals surface area contributed by atoms with E-state index in [1.165, 1.54) is 12.1 Å². The minimum Gasteiger partial charge on any atom is -0.361 e. The molecule has 2 amide bonds. The first-order valence-corrected chi connectivity index (χ1v) is 11.0. The molecule has 162 valence electrons. The minimum absolute atomic E-state index is 0.0399. The molecular formula is C24H24ClFN2O3. The Morgan fingerprint density at radius 3 is 2.35 bits per heavy atom. The van der Waals surface area contributed by atoms with Gasteiger partial charge in [0.2, 0.25) is 5.91 Å². The van der Waals surface area contributed by atoms with E-state index in [-0.39, 0.29) is 24.2 Å². The number of anilines is 1. The maximum Gasteiger partial charge on any atom is 0.253 e. The lowest BCUT2D eigenvalue weighted by Gasteiger charge is -2.44. The van der Waals surface area contributed by atoms with Crippen LogP contribution < -0.4 is 4.90 Å². The zero-order chi connectivity index (χ0) is 21.6. The summed E-state index contributed by atoms with van der Waals surface area (Å²) in [7, 11) is 0. The monoisotopic (exact) mass is 442 g/mol. The summed E-state index contributed by atoms with van der Waals surface area (Å²) in [6.07, 6.45) is 3.35. The summed E-state index contributed by atoms with van der Waals surface area (Å²) in [5.74, 6) is -0.366. The Kier molecular flexibility index (Phi) is 5.02. The van der Waals surface area contributed by atoms with Gasteiger partial charge in [-0.05, 0) is 61.2 Å². The number of benzene rings is 2. The number of carbonyl (C=O) groups excluding carboxylic acids is 2. The van der Waals surface area contributed by atoms with Gasteiger partial charge in [0.1, 0.15) is 18.0 Å². The average Bonchev–Trinajstić information content (AvgIpc) is 3.15. The molecule has 7 heteroatoms. The van der Waals surface area contributed by atoms with E-state index in [2.05, 4.69) is 0 Å². The van der Waals surface area contributed by atoms with Crippen molar-refractivity contribution >= 4 is 29.1 Å². The molecule has 3 aliphatic rings. The molecule has 0 aromatic heterocycles. The second kappa shape index (κ2) is 7.61. The van der Waals surface area contributed by atoms with Gasteiger partial charge >= 0.3 is 0 Å². The van der Waals surface area contributed by atoms with Crippen molar-refractivity contribution in [2.45, 2.75) is 36.7 Å². The van der Waals surface area contributed by atoms with Crippen LogP contribution in [-0.4, -0.2) is 48.6 Å². The Hall–Kier alpha value is -2.44. The third-order valence-electron chi connectivity index (χ3n) is 7.00. The molecule has 2 aliphatic heterocycles. The molecule has 0 radical (unpaired) electrons. The van der Waals surface area contributed by atoms with Crippen molar-refractivity contribution in [1.82, 2.24) is 4.90 Å². The molecule has 0 N–H and O–H groups in total. The number of likely N-dealkylation sites (tertiary alicyclic amines) is 1. The van der Waals surface area contributed by atoms with Crippen molar-refractivity contribution in [2.75, 3.05) is 31.1 Å². The van der Waals surface area contributed by atoms with Gasteiger partial charge in [0.05, 0.1) is 18.5 Å². The lowest BCUT2D eigenvalue weighted by molar-refractivity contribution is -0.144. The smallest absolute Gasteiger partial charge is 0.253 e. The molecule has 1 spiro atoms. The van der Waals surface area contributed by atoms with E-state index < -0.39 is 11.0 Å². The number of ether oxygens (including phenoxy) is 1. The van der Waals surface area contributed by atoms with E-state index in [1.54, 1.807) is 17.0 Å². The summed E-state index contributed by atoms with van der Waals surface area (Å²) in [6, 6.07) is 13.5. The zero-order valence-electron chi connectivity index (χ0n) is 17.2. The van der Waals surface area contributed by atoms with Crippen LogP contribution in [0.25, 0.3) is 0 Å². The molecule has 2 aromatic rings. The summed E-state index contributed by atoms with van der Waals surface area (Å²) in [6.45, 7) is 1.36. The molecule has 2 aromatic carbocycles. The fraction of sp³-hybridized carbons (Fsp3) is 0.417. The molecule has 31 heavy (non-hydrogen) atoms. The van der Waals surface area contributed by atoms with Crippen LogP contribution in [0.5, 0.6) is 0 Å². The first-order chi connectivity index (χ1) is 14.9. The van der Waals surface area contributed by atoms with Gasteiger partial charge in [-0.3, -0.25) is 9.59 Å². The lowest BCUT2D eigenvalue weighted by atomic mass is 9.63. The fourth-order valence-corrected chi connectivity index (χ4v) is 5.19. The highest BCUT2D eigenvalue weighted by Crippen LogP contribution is 2.46. The number of nitrogens with zero attached hydrogens (tertiary/aromatic N) is 2. The van der Waals surface area contributed by atoms with Crippen molar-refractivity contribution in [3.63, 3.8) is 0 Å². The van der Waals surface area contributed by atoms with Gasteiger partial charge in [-0.1, -0.05) is 30.2 Å². The second-order valence-electron chi connectivity index (χ2n) is 8.85. The zero-order valence-corrected chi connectivity index (χ0v) is 17.9. The Labute approximate surface area is 185 Å². The quantitative estimate of drug-likeness (QED) is 0.723. The number of morpholine rings is 1. The SMILES string of the molecule is O=C1COC2(CCN(C(=O)C3(c4ccc(Cl)cc4)CCC3)C2)CN1c1ccc(F)cc1. The Morgan fingerprint density at radius 1 is 1.00 bits per heavy atom. The van der Waals surface area contributed by atoms with E-state index in [1.807, 2.05) is 29.2 Å². The predicted molar refractivity (Wildman–Crippen MR) is 116 cm³/mol. The average molecular weight is 443 g/mol. The van der Waals surface area contributed by atoms with Crippen molar-refractivity contribution in [3.8, 4) is 0 Å². The third-order valence-corrected chi connectivity index (χ3v) is 7.26. The van der Waals surface area contributed by atoms with Crippen LogP contribution in [0.4, 0.5) is 10.1 Å². The standard InChI is InChI=1S/C24H24ClFN2O3/c25-18-4-2-17(3-5-18)24(10-1-11-24)22(30)27-13-12-23(15-27)16-28(21(29)14-31-23)20-8-6-19(26)7-9-20/h2-9H,1,10-16H2. The van der Waals surface area contributed by atoms with E-state index in [9.17, 15) is 14.0 Å². The minimum atomic E-state index is -0.594. The maximum atomic E-state index is 13.6. The highest BCUT2D eigenvalue weighted by Gasteiger charge is 2.52. The number of rotatable bonds is 3. The number of hydrogen-bond donors (Lipinski definition) is 0. The van der Waals surface area contributed by atoms with Crippen LogP contribution in [-0.2, 0) is 19.7 Å². The first-order valence-electron chi connectivity index (χ1n) is 10.7. The highest BCUT2D eigenvalue weighted by molar-refractivity contribution is 6.30. The summed E-state index contributed by atoms with van der Waals surface area (Å²) < 4.78 is 19.3. The normalized spacial score (nSPS) is 25.0. The van der Waals surface area contributed by atoms with Gasteiger partial charge in [0, 0.05) is 17.3 Å². The molecule has 2 saturated heterocycles. The van der Waals surface area contributed by atoms with Gasteiger partial charge in [-0.15, -0.1) is 0 Å². The molecule has 5 rings (SSSR count). The van der Waals surface area contributed by atoms with Crippen LogP contribution >= 0.6 is 11.6 Å². The third kappa shape index (κ3) is 3.52. The highest BCUT2D eigenvalue weighted by atomic mass is 35.5. The van der Waals surface area contributed by atoms with Crippen molar-refractivity contribution in [2.24, 2.45) is 0 Å². The van der Waals surface area contributed by atoms with Gasteiger partial charge in [0.25, 0.3) is 5.91 Å². The Balaban J connectivity index is 1.35. The van der Waals surface area contributed by atoms with Gasteiger partial charge in [-0.25, -0.2) is 4.39 Å². The van der Waals surface area contributed by atoms with Crippen molar-refractivity contribution in [1.29, 1.82) is 0 Å². The summed E-state index contributed by atoms with van der Waals surface area (Å²) in [5.41, 5.74) is 0.581. The van der Waals surface area contributed by atoms with Gasteiger partial charge < -0.3 is 14.5 Å². The molecule has 1 aliphatic carbocycles. The molecule has 1 unspecified atom stereocenters. The fourth-order valence-electron chi connectivity index (χ4n) is 5.06. The Bertz CT molecular complexity index is 1010. The van der Waals surface area contributed by atoms with Crippen molar-refractivity contribution in [3.05, 3.63) is 64.9 Å². The van der Waals surface area contributed by atoms with Crippen LogP contribution in [0, 0.1) is 5.82 Å². The lowest BCUT2D eigenvalue weighted by Crippen LogP contribution is -2.57. The van der Waals surface area contributed by atoms with E-state index in [0.29, 0.717) is 36.8 Å². The topological polar surface area (TPSA) is 49.9 Å². The largest absolute Gasteiger partial charge is 0.361 e. The summed E-state index contributed by atoms with van der Waals surface area (Å²) in [4.78, 5) is 29.7. The molecule has 2 heterocycles. The summed E-state index contributed by atoms with van der Waals surface area (Å²) >= 11 is 6.05. The molecule has 1 saturated carbocycles. The van der Waals surface area contributed by atoms with Crippen LogP contribution in [0.2, 0.25) is 5.02 Å². The molecule has 5 nitrogen and oxygen atoms in total. The van der Waals surface area contributed by atoms with Crippen LogP contribution in [0.15, 0.2) is 48.5 Å². The van der Waals surface area contributed by atoms with E-state index >= 15 is 0 Å².